The van der Waals surface area contributed by atoms with Gasteiger partial charge in [-0.15, -0.1) is 0 Å². The fourth-order valence-corrected chi connectivity index (χ4v) is 10.2. The van der Waals surface area contributed by atoms with Crippen LogP contribution >= 0.6 is 22.6 Å². The number of carbonyl (C=O) groups is 1. The molecule has 11 aromatic rings. The lowest BCUT2D eigenvalue weighted by molar-refractivity contribution is -0.143. The van der Waals surface area contributed by atoms with E-state index in [9.17, 15) is 13.6 Å². The monoisotopic (exact) mass is 1180 g/mol. The third kappa shape index (κ3) is 14.4. The number of esters is 1. The molecule has 11 heteroatoms. The van der Waals surface area contributed by atoms with Gasteiger partial charge < -0.3 is 18.4 Å². The summed E-state index contributed by atoms with van der Waals surface area (Å²) in [6, 6.07) is 76.4. The highest BCUT2D eigenvalue weighted by atomic mass is 127. The molecule has 0 N–H and O–H groups in total. The van der Waals surface area contributed by atoms with E-state index in [1.165, 1.54) is 34.9 Å². The fraction of sp³-hybridized carbons (Fsp3) is 0.159. The average Bonchev–Trinajstić information content (AvgIpc) is 4.41. The zero-order chi connectivity index (χ0) is 56.6. The van der Waals surface area contributed by atoms with E-state index >= 15 is 0 Å². The fourth-order valence-electron chi connectivity index (χ4n) is 9.79. The van der Waals surface area contributed by atoms with E-state index in [0.29, 0.717) is 19.4 Å². The molecule has 0 bridgehead atoms. The minimum absolute atomic E-state index is 0.124. The van der Waals surface area contributed by atoms with Crippen molar-refractivity contribution in [3.63, 3.8) is 0 Å². The largest absolute Gasteiger partial charge is 0.465 e. The summed E-state index contributed by atoms with van der Waals surface area (Å²) in [5.74, 6) is -0.802. The van der Waals surface area contributed by atoms with Gasteiger partial charge in [-0.2, -0.15) is 0 Å². The minimum Gasteiger partial charge on any atom is -0.465 e. The molecule has 0 fully saturated rings. The van der Waals surface area contributed by atoms with Crippen LogP contribution < -0.4 is 0 Å². The highest BCUT2D eigenvalue weighted by Crippen LogP contribution is 2.42. The Morgan fingerprint density at radius 3 is 1.23 bits per heavy atom. The van der Waals surface area contributed by atoms with Gasteiger partial charge in [-0.3, -0.25) is 4.79 Å². The quantitative estimate of drug-likeness (QED) is 0.0580. The first-order valence-corrected chi connectivity index (χ1v) is 28.0. The molecule has 0 radical (unpaired) electrons. The summed E-state index contributed by atoms with van der Waals surface area (Å²) in [6.45, 7) is 10.2. The van der Waals surface area contributed by atoms with E-state index in [-0.39, 0.29) is 24.1 Å². The maximum absolute atomic E-state index is 13.7. The van der Waals surface area contributed by atoms with Gasteiger partial charge in [0, 0.05) is 37.1 Å². The summed E-state index contributed by atoms with van der Waals surface area (Å²) >= 11 is 2.27. The van der Waals surface area contributed by atoms with Crippen LogP contribution in [0.15, 0.2) is 268 Å². The third-order valence-electron chi connectivity index (χ3n) is 13.1. The van der Waals surface area contributed by atoms with E-state index < -0.39 is 11.1 Å². The first-order chi connectivity index (χ1) is 39.3. The van der Waals surface area contributed by atoms with Crippen LogP contribution in [0.1, 0.15) is 90.5 Å². The van der Waals surface area contributed by atoms with E-state index in [4.69, 9.17) is 9.72 Å². The number of halogens is 3. The molecule has 0 atom stereocenters. The number of ether oxygens (including phenoxy) is 1. The van der Waals surface area contributed by atoms with Crippen LogP contribution in [0.5, 0.6) is 0 Å². The van der Waals surface area contributed by atoms with Gasteiger partial charge in [-0.1, -0.05) is 234 Å². The Bertz CT molecular complexity index is 3350. The van der Waals surface area contributed by atoms with Crippen molar-refractivity contribution < 1.29 is 18.3 Å². The molecule has 0 aliphatic carbocycles. The van der Waals surface area contributed by atoms with Crippen LogP contribution in [-0.2, 0) is 40.0 Å². The van der Waals surface area contributed by atoms with Gasteiger partial charge in [0.15, 0.2) is 0 Å². The van der Waals surface area contributed by atoms with Crippen molar-refractivity contribution in [2.45, 2.75) is 65.1 Å². The zero-order valence-electron chi connectivity index (χ0n) is 45.9. The van der Waals surface area contributed by atoms with Crippen molar-refractivity contribution in [2.75, 3.05) is 6.61 Å². The van der Waals surface area contributed by atoms with Crippen molar-refractivity contribution in [3.8, 4) is 0 Å². The van der Waals surface area contributed by atoms with Gasteiger partial charge in [0.05, 0.1) is 31.3 Å². The molecule has 11 rings (SSSR count). The lowest BCUT2D eigenvalue weighted by atomic mass is 9.77. The van der Waals surface area contributed by atoms with Gasteiger partial charge in [-0.05, 0) is 98.3 Å². The van der Waals surface area contributed by atoms with Gasteiger partial charge >= 0.3 is 5.97 Å². The van der Waals surface area contributed by atoms with Crippen molar-refractivity contribution >= 4 is 28.6 Å². The van der Waals surface area contributed by atoms with E-state index in [2.05, 4.69) is 218 Å². The van der Waals surface area contributed by atoms with Crippen LogP contribution in [0.4, 0.5) is 8.78 Å². The first-order valence-electron chi connectivity index (χ1n) is 27.0. The maximum Gasteiger partial charge on any atom is 0.325 e. The highest BCUT2D eigenvalue weighted by molar-refractivity contribution is 14.1. The van der Waals surface area contributed by atoms with Crippen molar-refractivity contribution in [3.05, 3.63) is 339 Å². The topological polar surface area (TPSA) is 79.8 Å². The summed E-state index contributed by atoms with van der Waals surface area (Å²) in [4.78, 5) is 24.7. The van der Waals surface area contributed by atoms with Crippen molar-refractivity contribution in [2.24, 2.45) is 0 Å². The second-order valence-corrected chi connectivity index (χ2v) is 19.0. The minimum atomic E-state index is -0.586. The Hall–Kier alpha value is -8.55. The molecule has 0 unspecified atom stereocenters. The highest BCUT2D eigenvalue weighted by Gasteiger charge is 2.39. The Morgan fingerprint density at radius 2 is 0.863 bits per heavy atom. The van der Waals surface area contributed by atoms with Crippen LogP contribution in [0.3, 0.4) is 0 Å². The van der Waals surface area contributed by atoms with E-state index in [0.717, 1.165) is 42.9 Å². The van der Waals surface area contributed by atoms with Crippen LogP contribution in [0, 0.1) is 15.3 Å². The number of imidazole rings is 3. The number of carbonyl (C=O) groups excluding carboxylic acids is 1. The summed E-state index contributed by atoms with van der Waals surface area (Å²) < 4.78 is 38.8. The van der Waals surface area contributed by atoms with Gasteiger partial charge in [0.25, 0.3) is 0 Å². The average molecular weight is 1180 g/mol. The summed E-state index contributed by atoms with van der Waals surface area (Å²) in [6.07, 6.45) is 12.3. The second kappa shape index (κ2) is 30.0. The molecular formula is C69H67F2IN6O2. The van der Waals surface area contributed by atoms with E-state index in [1.54, 1.807) is 42.2 Å². The molecule has 0 saturated heterocycles. The predicted octanol–water partition coefficient (Wildman–Crippen LogP) is 16.0. The molecule has 3 heterocycles. The predicted molar refractivity (Wildman–Crippen MR) is 326 cm³/mol. The van der Waals surface area contributed by atoms with Gasteiger partial charge in [0.2, 0.25) is 0 Å². The van der Waals surface area contributed by atoms with Crippen LogP contribution in [0.2, 0.25) is 0 Å². The lowest BCUT2D eigenvalue weighted by Crippen LogP contribution is -2.36. The van der Waals surface area contributed by atoms with Crippen LogP contribution in [-0.4, -0.2) is 41.2 Å². The smallest absolute Gasteiger partial charge is 0.325 e. The van der Waals surface area contributed by atoms with Crippen molar-refractivity contribution in [1.82, 2.24) is 28.7 Å². The molecule has 0 spiro atoms. The Balaban J connectivity index is 0.000000173. The number of nitrogens with zero attached hydrogens (tertiary/aromatic N) is 6. The van der Waals surface area contributed by atoms with E-state index in [1.807, 2.05) is 70.7 Å². The number of aromatic nitrogens is 6. The molecule has 406 valence electrons. The van der Waals surface area contributed by atoms with Gasteiger partial charge in [0.1, 0.15) is 33.0 Å². The lowest BCUT2D eigenvalue weighted by Gasteiger charge is -2.37. The van der Waals surface area contributed by atoms with Crippen molar-refractivity contribution in [1.29, 1.82) is 0 Å². The molecule has 3 aromatic heterocycles. The first kappa shape index (κ1) is 59.1. The number of hydrogen-bond acceptors (Lipinski definition) is 5. The summed E-state index contributed by atoms with van der Waals surface area (Å²) in [7, 11) is 0. The van der Waals surface area contributed by atoms with Crippen LogP contribution in [0.25, 0.3) is 0 Å². The molecule has 8 nitrogen and oxygen atoms in total. The van der Waals surface area contributed by atoms with Gasteiger partial charge in [-0.25, -0.2) is 23.7 Å². The molecule has 8 aromatic carbocycles. The Kier molecular flexibility index (Phi) is 22.2. The SMILES string of the molecule is CC.CC.CCOC(=O)Cn1cncc1Cc1cccc(F)c1.Fc1cccc(Cc2cn(C(c3ccccc3)(c3ccccc3)c3ccccc3)cn2)c1.Ic1cn(C(c2ccccc2)(c2ccccc2)c2ccccc2)cn1. The standard InChI is InChI=1S/C29H23FN2.C22H17IN2.C14H15FN2O2.2C2H6/c30-27-18-10-11-23(19-27)20-28-21-32(22-31-28)29(24-12-4-1-5-13-24,25-14-6-2-7-15-25)26-16-8-3-9-17-26;23-21-16-25(17-24-21)22(18-10-4-1-5-11-18,19-12-6-2-7-13-19)20-14-8-3-9-15-20;1-2-19-14(18)9-17-10-16-8-13(17)7-11-4-3-5-12(15)6-11;2*1-2/h1-19,21-22H,20H2;1-17H;3-6,8,10H,2,7,9H2,1H3;2*1-2H3. The molecule has 0 saturated carbocycles. The molecular weight excluding hydrogens is 1110 g/mol. The molecule has 0 amide bonds. The molecule has 0 aliphatic heterocycles. The number of hydrogen-bond donors (Lipinski definition) is 0. The summed E-state index contributed by atoms with van der Waals surface area (Å²) in [5.41, 5.74) is 9.50. The maximum atomic E-state index is 13.7. The Morgan fingerprint density at radius 1 is 0.487 bits per heavy atom. The molecule has 80 heavy (non-hydrogen) atoms. The zero-order valence-corrected chi connectivity index (χ0v) is 48.0. The normalized spacial score (nSPS) is 10.8. The molecule has 0 aliphatic rings. The second-order valence-electron chi connectivity index (χ2n) is 17.9. The number of rotatable bonds is 15. The number of benzene rings is 8. The summed E-state index contributed by atoms with van der Waals surface area (Å²) in [5, 5.41) is 0. The Labute approximate surface area is 483 Å². The third-order valence-corrected chi connectivity index (χ3v) is 13.6.